The van der Waals surface area contributed by atoms with E-state index in [2.05, 4.69) is 45.2 Å². The van der Waals surface area contributed by atoms with Gasteiger partial charge in [0.05, 0.1) is 16.0 Å². The number of rotatable bonds is 9. The highest BCUT2D eigenvalue weighted by Gasteiger charge is 2.39. The van der Waals surface area contributed by atoms with E-state index in [4.69, 9.17) is 14.2 Å². The quantitative estimate of drug-likeness (QED) is 0.116. The average Bonchev–Trinajstić information content (AvgIpc) is 2.85. The average molecular weight is 1000 g/mol. The Labute approximate surface area is 279 Å². The van der Waals surface area contributed by atoms with Crippen LogP contribution in [0, 0.1) is 19.7 Å². The lowest BCUT2D eigenvalue weighted by atomic mass is 9.93. The molecule has 0 aliphatic rings. The summed E-state index contributed by atoms with van der Waals surface area (Å²) in [4.78, 5) is 38.2. The summed E-state index contributed by atoms with van der Waals surface area (Å²) in [6, 6.07) is 15.6. The van der Waals surface area contributed by atoms with Crippen molar-refractivity contribution >= 4 is 118 Å². The number of hydrogen-bond donors (Lipinski definition) is 0. The molecule has 0 radical (unpaired) electrons. The largest absolute Gasteiger partial charge is 0.744 e. The predicted octanol–water partition coefficient (Wildman–Crippen LogP) is 5.63. The molecule has 0 aromatic heterocycles. The van der Waals surface area contributed by atoms with Crippen LogP contribution in [0.25, 0.3) is 0 Å². The van der Waals surface area contributed by atoms with E-state index in [1.807, 2.05) is 0 Å². The van der Waals surface area contributed by atoms with Crippen LogP contribution < -0.4 is 4.74 Å². The Balaban J connectivity index is 1.84. The number of carbonyl (C=O) groups is 3. The van der Waals surface area contributed by atoms with Crippen LogP contribution >= 0.6 is 90.4 Å². The van der Waals surface area contributed by atoms with Crippen LogP contribution in [-0.4, -0.2) is 44.1 Å². The summed E-state index contributed by atoms with van der Waals surface area (Å²) in [5.74, 6) is -2.33. The van der Waals surface area contributed by atoms with Gasteiger partial charge in [0.2, 0.25) is 0 Å². The third-order valence-corrected chi connectivity index (χ3v) is 9.94. The second kappa shape index (κ2) is 13.7. The molecule has 0 heterocycles. The van der Waals surface area contributed by atoms with Crippen LogP contribution in [0.5, 0.6) is 5.75 Å². The summed E-state index contributed by atoms with van der Waals surface area (Å²) >= 11 is 7.50. The maximum atomic E-state index is 13.3. The maximum absolute atomic E-state index is 13.3. The lowest BCUT2D eigenvalue weighted by Crippen LogP contribution is -2.42. The number of halogens is 4. The number of hydrogen-bond acceptors (Lipinski definition) is 9. The van der Waals surface area contributed by atoms with Gasteiger partial charge in [-0.15, -0.1) is 0 Å². The Morgan fingerprint density at radius 2 is 1.15 bits per heavy atom. The molecule has 0 aliphatic carbocycles. The van der Waals surface area contributed by atoms with Crippen LogP contribution in [0.2, 0.25) is 0 Å². The minimum absolute atomic E-state index is 0.0413. The Hall–Kier alpha value is -1.10. The molecule has 3 rings (SSSR count). The van der Waals surface area contributed by atoms with Crippen molar-refractivity contribution in [3.05, 3.63) is 86.1 Å². The second-order valence-electron chi connectivity index (χ2n) is 8.29. The van der Waals surface area contributed by atoms with Crippen molar-refractivity contribution in [2.45, 2.75) is 11.8 Å². The molecular weight excluding hydrogens is 984 g/mol. The molecule has 0 amide bonds. The minimum Gasteiger partial charge on any atom is -0.744 e. The van der Waals surface area contributed by atoms with E-state index >= 15 is 0 Å². The maximum Gasteiger partial charge on any atom is 0.338 e. The van der Waals surface area contributed by atoms with E-state index in [1.54, 1.807) is 93.7 Å². The first-order valence-corrected chi connectivity index (χ1v) is 16.4. The molecule has 0 saturated heterocycles. The lowest BCUT2D eigenvalue weighted by molar-refractivity contribution is -0.150. The number of ether oxygens (including phenoxy) is 3. The summed E-state index contributed by atoms with van der Waals surface area (Å²) < 4.78 is 52.9. The number of esters is 3. The van der Waals surface area contributed by atoms with E-state index < -0.39 is 51.6 Å². The fourth-order valence-corrected chi connectivity index (χ4v) is 7.66. The first-order chi connectivity index (χ1) is 18.2. The molecule has 3 aromatic rings. The Bertz CT molecular complexity index is 1420. The van der Waals surface area contributed by atoms with Gasteiger partial charge in [-0.3, -0.25) is 4.79 Å². The molecule has 0 aliphatic heterocycles. The van der Waals surface area contributed by atoms with E-state index in [0.29, 0.717) is 0 Å². The SMILES string of the molecule is CC(COC(=O)c1ccc(I)cc1)(COC(=O)c1ccc(I)cc1)C(=O)Oc1cc(I)c(S(=O)(=O)[O-])c(I)c1. The summed E-state index contributed by atoms with van der Waals surface area (Å²) in [6.45, 7) is 0.430. The van der Waals surface area contributed by atoms with Crippen molar-refractivity contribution < 1.29 is 41.6 Å². The topological polar surface area (TPSA) is 136 Å². The van der Waals surface area contributed by atoms with Crippen LogP contribution in [-0.2, 0) is 24.4 Å². The normalized spacial score (nSPS) is 11.5. The van der Waals surface area contributed by atoms with Gasteiger partial charge in [0.25, 0.3) is 0 Å². The molecule has 39 heavy (non-hydrogen) atoms. The monoisotopic (exact) mass is 1000 g/mol. The van der Waals surface area contributed by atoms with Crippen molar-refractivity contribution in [2.75, 3.05) is 13.2 Å². The van der Waals surface area contributed by atoms with Crippen LogP contribution in [0.1, 0.15) is 27.6 Å². The van der Waals surface area contributed by atoms with Crippen molar-refractivity contribution in [2.24, 2.45) is 5.41 Å². The molecule has 3 aromatic carbocycles. The Morgan fingerprint density at radius 1 is 0.769 bits per heavy atom. The fourth-order valence-electron chi connectivity index (χ4n) is 3.01. The highest BCUT2D eigenvalue weighted by molar-refractivity contribution is 14.1. The molecule has 0 fully saturated rings. The molecule has 206 valence electrons. The third kappa shape index (κ3) is 8.94. The van der Waals surface area contributed by atoms with E-state index in [0.717, 1.165) is 7.14 Å². The Morgan fingerprint density at radius 3 is 1.51 bits per heavy atom. The summed E-state index contributed by atoms with van der Waals surface area (Å²) in [5, 5.41) is 0. The van der Waals surface area contributed by atoms with Crippen molar-refractivity contribution in [1.82, 2.24) is 0 Å². The minimum atomic E-state index is -4.75. The summed E-state index contributed by atoms with van der Waals surface area (Å²) in [7, 11) is -4.75. The molecule has 9 nitrogen and oxygen atoms in total. The molecule has 0 bridgehead atoms. The van der Waals surface area contributed by atoms with Gasteiger partial charge in [-0.05, 0) is 158 Å². The first kappa shape index (κ1) is 32.4. The lowest BCUT2D eigenvalue weighted by Gasteiger charge is -2.26. The molecule has 0 atom stereocenters. The van der Waals surface area contributed by atoms with Crippen molar-refractivity contribution in [3.8, 4) is 5.75 Å². The third-order valence-electron chi connectivity index (χ3n) is 5.13. The van der Waals surface area contributed by atoms with Gasteiger partial charge in [-0.1, -0.05) is 0 Å². The molecule has 0 spiro atoms. The van der Waals surface area contributed by atoms with Crippen LogP contribution in [0.4, 0.5) is 0 Å². The first-order valence-electron chi connectivity index (χ1n) is 10.7. The second-order valence-corrected chi connectivity index (χ2v) is 14.4. The van der Waals surface area contributed by atoms with Crippen molar-refractivity contribution in [3.63, 3.8) is 0 Å². The smallest absolute Gasteiger partial charge is 0.338 e. The zero-order valence-electron chi connectivity index (χ0n) is 19.8. The zero-order valence-corrected chi connectivity index (χ0v) is 29.2. The van der Waals surface area contributed by atoms with Gasteiger partial charge in [0, 0.05) is 14.3 Å². The van der Waals surface area contributed by atoms with Gasteiger partial charge in [0.15, 0.2) is 0 Å². The van der Waals surface area contributed by atoms with Crippen LogP contribution in [0.15, 0.2) is 65.6 Å². The number of benzene rings is 3. The van der Waals surface area contributed by atoms with E-state index in [1.165, 1.54) is 19.1 Å². The van der Waals surface area contributed by atoms with Gasteiger partial charge in [-0.25, -0.2) is 18.0 Å². The highest BCUT2D eigenvalue weighted by atomic mass is 127. The predicted molar refractivity (Wildman–Crippen MR) is 172 cm³/mol. The number of carbonyl (C=O) groups excluding carboxylic acids is 3. The fraction of sp³-hybridized carbons (Fsp3) is 0.160. The standard InChI is InChI=1S/C25H18I4O9S/c1-25(12-36-22(30)14-2-6-16(26)7-3-14,13-37-23(31)15-4-8-17(27)9-5-15)24(32)38-18-10-19(28)21(20(29)11-18)39(33,34)35/h2-11H,12-13H2,1H3,(H,33,34,35)/p-1. The zero-order chi connectivity index (χ0) is 29.0. The molecule has 0 unspecified atom stereocenters. The molecular formula is C25H17I4O9S-. The summed E-state index contributed by atoms with van der Waals surface area (Å²) in [5.41, 5.74) is -1.11. The van der Waals surface area contributed by atoms with E-state index in [-0.39, 0.29) is 24.0 Å². The van der Waals surface area contributed by atoms with Gasteiger partial charge in [-0.2, -0.15) is 0 Å². The van der Waals surface area contributed by atoms with E-state index in [9.17, 15) is 27.4 Å². The Kier molecular flexibility index (Phi) is 11.4. The van der Waals surface area contributed by atoms with Crippen LogP contribution in [0.3, 0.4) is 0 Å². The molecule has 14 heteroatoms. The highest BCUT2D eigenvalue weighted by Crippen LogP contribution is 2.31. The molecule has 0 saturated carbocycles. The van der Waals surface area contributed by atoms with Crippen molar-refractivity contribution in [1.29, 1.82) is 0 Å². The summed E-state index contributed by atoms with van der Waals surface area (Å²) in [6.07, 6.45) is 0. The molecule has 0 N–H and O–H groups in total. The van der Waals surface area contributed by atoms with Gasteiger partial charge >= 0.3 is 17.9 Å². The van der Waals surface area contributed by atoms with Gasteiger partial charge < -0.3 is 18.8 Å². The van der Waals surface area contributed by atoms with Gasteiger partial charge in [0.1, 0.15) is 34.5 Å².